The third kappa shape index (κ3) is 5.09. The molecule has 1 aromatic heterocycles. The second-order valence-corrected chi connectivity index (χ2v) is 10.2. The van der Waals surface area contributed by atoms with Crippen LogP contribution in [-0.4, -0.2) is 44.2 Å². The zero-order valence-corrected chi connectivity index (χ0v) is 18.7. The molecule has 162 valence electrons. The van der Waals surface area contributed by atoms with Crippen LogP contribution in [0.1, 0.15) is 27.9 Å². The molecule has 2 aromatic carbocycles. The molecule has 0 unspecified atom stereocenters. The van der Waals surface area contributed by atoms with Crippen LogP contribution < -0.4 is 14.9 Å². The van der Waals surface area contributed by atoms with Crippen molar-refractivity contribution in [1.82, 2.24) is 14.9 Å². The Morgan fingerprint density at radius 3 is 2.84 bits per heavy atom. The Hall–Kier alpha value is -2.82. The number of carbonyl (C=O) groups excluding carboxylic acids is 1. The number of fused-ring (bicyclic) bond motifs is 1. The summed E-state index contributed by atoms with van der Waals surface area (Å²) in [7, 11) is -3.78. The molecule has 31 heavy (non-hydrogen) atoms. The van der Waals surface area contributed by atoms with Crippen molar-refractivity contribution in [1.29, 1.82) is 0 Å². The summed E-state index contributed by atoms with van der Waals surface area (Å²) in [6.45, 7) is 3.91. The van der Waals surface area contributed by atoms with E-state index >= 15 is 0 Å². The highest BCUT2D eigenvalue weighted by molar-refractivity contribution is 7.91. The Labute approximate surface area is 185 Å². The Balaban J connectivity index is 1.29. The van der Waals surface area contributed by atoms with Crippen molar-refractivity contribution < 1.29 is 13.2 Å². The van der Waals surface area contributed by atoms with Crippen molar-refractivity contribution in [3.05, 3.63) is 65.2 Å². The average Bonchev–Trinajstić information content (AvgIpc) is 3.39. The fourth-order valence-electron chi connectivity index (χ4n) is 3.50. The van der Waals surface area contributed by atoms with E-state index in [4.69, 9.17) is 0 Å². The van der Waals surface area contributed by atoms with E-state index < -0.39 is 10.0 Å². The van der Waals surface area contributed by atoms with Gasteiger partial charge in [-0.3, -0.25) is 10.1 Å². The summed E-state index contributed by atoms with van der Waals surface area (Å²) in [5.74, 6) is -0.359. The van der Waals surface area contributed by atoms with Gasteiger partial charge in [0.25, 0.3) is 15.9 Å². The zero-order chi connectivity index (χ0) is 21.8. The van der Waals surface area contributed by atoms with E-state index in [1.165, 1.54) is 11.3 Å². The molecule has 0 aliphatic carbocycles. The summed E-state index contributed by atoms with van der Waals surface area (Å²) in [5, 5.41) is 10.3. The van der Waals surface area contributed by atoms with Gasteiger partial charge in [-0.15, -0.1) is 10.2 Å². The number of aryl methyl sites for hydroxylation is 1. The molecule has 0 saturated heterocycles. The van der Waals surface area contributed by atoms with Gasteiger partial charge < -0.3 is 4.90 Å². The van der Waals surface area contributed by atoms with Crippen molar-refractivity contribution in [2.24, 2.45) is 0 Å². The average molecular weight is 458 g/mol. The van der Waals surface area contributed by atoms with Gasteiger partial charge in [-0.1, -0.05) is 47.2 Å². The van der Waals surface area contributed by atoms with E-state index in [1.54, 1.807) is 18.2 Å². The van der Waals surface area contributed by atoms with Crippen LogP contribution in [0.25, 0.3) is 0 Å². The van der Waals surface area contributed by atoms with Gasteiger partial charge in [0, 0.05) is 30.9 Å². The van der Waals surface area contributed by atoms with Gasteiger partial charge in [0.2, 0.25) is 9.47 Å². The van der Waals surface area contributed by atoms with Crippen LogP contribution in [0, 0.1) is 6.92 Å². The summed E-state index contributed by atoms with van der Waals surface area (Å²) in [5.41, 5.74) is 3.98. The number of benzene rings is 2. The van der Waals surface area contributed by atoms with Crippen LogP contribution in [0.4, 0.5) is 10.8 Å². The summed E-state index contributed by atoms with van der Waals surface area (Å²) in [4.78, 5) is 14.6. The Bertz CT molecular complexity index is 1190. The lowest BCUT2D eigenvalue weighted by Gasteiger charge is -2.19. The lowest BCUT2D eigenvalue weighted by Crippen LogP contribution is -2.29. The normalized spacial score (nSPS) is 13.3. The minimum absolute atomic E-state index is 0.139. The van der Waals surface area contributed by atoms with Crippen LogP contribution in [0.3, 0.4) is 0 Å². The molecule has 0 radical (unpaired) electrons. The SMILES string of the molecule is Cc1cccc(C(=O)Nc2nnc(S(=O)(=O)NCCCN3CCc4ccccc43)s2)c1. The largest absolute Gasteiger partial charge is 0.371 e. The minimum Gasteiger partial charge on any atom is -0.371 e. The predicted octanol–water partition coefficient (Wildman–Crippen LogP) is 2.83. The van der Waals surface area contributed by atoms with E-state index in [0.29, 0.717) is 18.5 Å². The Kier molecular flexibility index (Phi) is 6.30. The summed E-state index contributed by atoms with van der Waals surface area (Å²) < 4.78 is 27.4. The number of hydrogen-bond donors (Lipinski definition) is 2. The van der Waals surface area contributed by atoms with Crippen LogP contribution in [0.15, 0.2) is 52.9 Å². The topological polar surface area (TPSA) is 104 Å². The number of carbonyl (C=O) groups is 1. The molecule has 0 spiro atoms. The molecule has 2 heterocycles. The molecule has 0 atom stereocenters. The maximum Gasteiger partial charge on any atom is 0.269 e. The first-order valence-electron chi connectivity index (χ1n) is 9.96. The Morgan fingerprint density at radius 2 is 2.00 bits per heavy atom. The minimum atomic E-state index is -3.78. The molecule has 0 saturated carbocycles. The highest BCUT2D eigenvalue weighted by Crippen LogP contribution is 2.27. The van der Waals surface area contributed by atoms with Gasteiger partial charge in [-0.05, 0) is 43.5 Å². The number of aromatic nitrogens is 2. The third-order valence-corrected chi connectivity index (χ3v) is 7.68. The second-order valence-electron chi connectivity index (χ2n) is 7.31. The lowest BCUT2D eigenvalue weighted by molar-refractivity contribution is 0.102. The number of sulfonamides is 1. The van der Waals surface area contributed by atoms with Crippen molar-refractivity contribution in [3.63, 3.8) is 0 Å². The van der Waals surface area contributed by atoms with Crippen LogP contribution >= 0.6 is 11.3 Å². The number of nitrogens with zero attached hydrogens (tertiary/aromatic N) is 3. The number of anilines is 2. The Morgan fingerprint density at radius 1 is 1.16 bits per heavy atom. The summed E-state index contributed by atoms with van der Waals surface area (Å²) in [6.07, 6.45) is 1.69. The molecule has 8 nitrogen and oxygen atoms in total. The van der Waals surface area contributed by atoms with Crippen LogP contribution in [0.2, 0.25) is 0 Å². The molecule has 1 amide bonds. The first-order valence-corrected chi connectivity index (χ1v) is 12.3. The fraction of sp³-hybridized carbons (Fsp3) is 0.286. The molecule has 1 aliphatic rings. The van der Waals surface area contributed by atoms with Crippen molar-refractivity contribution in [2.75, 3.05) is 29.9 Å². The molecule has 2 N–H and O–H groups in total. The predicted molar refractivity (Wildman–Crippen MR) is 121 cm³/mol. The molecular weight excluding hydrogens is 434 g/mol. The standard InChI is InChI=1S/C21H23N5O3S2/c1-15-6-4-8-17(14-15)19(27)23-20-24-25-21(30-20)31(28,29)22-11-5-12-26-13-10-16-7-2-3-9-18(16)26/h2-4,6-9,14,22H,5,10-13H2,1H3,(H,23,24,27). The van der Waals surface area contributed by atoms with Crippen LogP contribution in [-0.2, 0) is 16.4 Å². The highest BCUT2D eigenvalue weighted by Gasteiger charge is 2.22. The zero-order valence-electron chi connectivity index (χ0n) is 17.0. The molecule has 0 fully saturated rings. The van der Waals surface area contributed by atoms with E-state index in [-0.39, 0.29) is 15.4 Å². The number of amides is 1. The number of para-hydroxylation sites is 1. The van der Waals surface area contributed by atoms with Crippen LogP contribution in [0.5, 0.6) is 0 Å². The first kappa shape index (κ1) is 21.4. The smallest absolute Gasteiger partial charge is 0.269 e. The van der Waals surface area contributed by atoms with E-state index in [9.17, 15) is 13.2 Å². The van der Waals surface area contributed by atoms with E-state index in [1.807, 2.05) is 25.1 Å². The second kappa shape index (κ2) is 9.13. The maximum absolute atomic E-state index is 12.5. The first-order chi connectivity index (χ1) is 14.9. The van der Waals surface area contributed by atoms with Gasteiger partial charge in [-0.25, -0.2) is 13.1 Å². The quantitative estimate of drug-likeness (QED) is 0.398. The molecule has 10 heteroatoms. The van der Waals surface area contributed by atoms with Gasteiger partial charge in [0.05, 0.1) is 0 Å². The molecule has 1 aliphatic heterocycles. The van der Waals surface area contributed by atoms with Crippen molar-refractivity contribution in [3.8, 4) is 0 Å². The number of nitrogens with one attached hydrogen (secondary N) is 2. The molecular formula is C21H23N5O3S2. The van der Waals surface area contributed by atoms with Gasteiger partial charge >= 0.3 is 0 Å². The fourth-order valence-corrected chi connectivity index (χ4v) is 5.51. The van der Waals surface area contributed by atoms with E-state index in [2.05, 4.69) is 37.3 Å². The number of hydrogen-bond acceptors (Lipinski definition) is 7. The van der Waals surface area contributed by atoms with Gasteiger partial charge in [0.1, 0.15) is 0 Å². The van der Waals surface area contributed by atoms with Gasteiger partial charge in [0.15, 0.2) is 0 Å². The summed E-state index contributed by atoms with van der Waals surface area (Å²) >= 11 is 0.826. The summed E-state index contributed by atoms with van der Waals surface area (Å²) in [6, 6.07) is 15.4. The maximum atomic E-state index is 12.5. The monoisotopic (exact) mass is 457 g/mol. The van der Waals surface area contributed by atoms with Crippen molar-refractivity contribution >= 4 is 38.1 Å². The van der Waals surface area contributed by atoms with Gasteiger partial charge in [-0.2, -0.15) is 0 Å². The highest BCUT2D eigenvalue weighted by atomic mass is 32.2. The molecule has 4 rings (SSSR count). The molecule has 3 aromatic rings. The number of rotatable bonds is 8. The van der Waals surface area contributed by atoms with E-state index in [0.717, 1.165) is 36.4 Å². The van der Waals surface area contributed by atoms with Crippen molar-refractivity contribution in [2.45, 2.75) is 24.1 Å². The molecule has 0 bridgehead atoms. The lowest BCUT2D eigenvalue weighted by atomic mass is 10.1. The third-order valence-electron chi connectivity index (χ3n) is 5.02.